The summed E-state index contributed by atoms with van der Waals surface area (Å²) in [5.74, 6) is 3.47. The van der Waals surface area contributed by atoms with Gasteiger partial charge in [-0.25, -0.2) is 0 Å². The lowest BCUT2D eigenvalue weighted by Crippen LogP contribution is -2.32. The average Bonchev–Trinajstić information content (AvgIpc) is 2.86. The summed E-state index contributed by atoms with van der Waals surface area (Å²) in [6.45, 7) is 0. The van der Waals surface area contributed by atoms with E-state index < -0.39 is 6.04 Å². The molecule has 1 aliphatic heterocycles. The van der Waals surface area contributed by atoms with Gasteiger partial charge in [-0.15, -0.1) is 11.8 Å². The van der Waals surface area contributed by atoms with Crippen LogP contribution in [0.2, 0.25) is 0 Å². The Morgan fingerprint density at radius 3 is 3.16 bits per heavy atom. The molecule has 0 aromatic heterocycles. The van der Waals surface area contributed by atoms with Gasteiger partial charge in [0.15, 0.2) is 0 Å². The highest BCUT2D eigenvalue weighted by molar-refractivity contribution is 8.00. The van der Waals surface area contributed by atoms with Crippen molar-refractivity contribution in [3.05, 3.63) is 29.8 Å². The number of methoxy groups -OCH3 is 1. The summed E-state index contributed by atoms with van der Waals surface area (Å²) in [6, 6.07) is 8.13. The fourth-order valence-electron chi connectivity index (χ4n) is 2.07. The molecule has 1 aromatic carbocycles. The lowest BCUT2D eigenvalue weighted by atomic mass is 10.0. The van der Waals surface area contributed by atoms with Crippen LogP contribution >= 0.6 is 23.5 Å². The fourth-order valence-corrected chi connectivity index (χ4v) is 4.65. The van der Waals surface area contributed by atoms with Crippen molar-refractivity contribution >= 4 is 29.5 Å². The average molecular weight is 297 g/mol. The third-order valence-electron chi connectivity index (χ3n) is 3.20. The molecule has 19 heavy (non-hydrogen) atoms. The molecule has 0 radical (unpaired) electrons. The van der Waals surface area contributed by atoms with Crippen molar-refractivity contribution in [3.63, 3.8) is 0 Å². The van der Waals surface area contributed by atoms with Crippen LogP contribution in [0.25, 0.3) is 0 Å². The third kappa shape index (κ3) is 3.91. The molecular weight excluding hydrogens is 278 g/mol. The Morgan fingerprint density at radius 1 is 1.58 bits per heavy atom. The third-order valence-corrected chi connectivity index (χ3v) is 5.61. The number of carbonyl (C=O) groups is 1. The zero-order chi connectivity index (χ0) is 13.7. The normalized spacial score (nSPS) is 18.9. The second-order valence-corrected chi connectivity index (χ2v) is 6.75. The van der Waals surface area contributed by atoms with E-state index in [1.54, 1.807) is 0 Å². The molecule has 1 heterocycles. The van der Waals surface area contributed by atoms with Gasteiger partial charge in [0.25, 0.3) is 0 Å². The molecule has 0 aliphatic carbocycles. The van der Waals surface area contributed by atoms with E-state index in [0.29, 0.717) is 12.3 Å². The minimum Gasteiger partial charge on any atom is -0.468 e. The second kappa shape index (κ2) is 7.22. The van der Waals surface area contributed by atoms with E-state index in [2.05, 4.69) is 29.0 Å². The van der Waals surface area contributed by atoms with Crippen molar-refractivity contribution in [2.75, 3.05) is 24.4 Å². The zero-order valence-electron chi connectivity index (χ0n) is 11.0. The Balaban J connectivity index is 1.72. The highest BCUT2D eigenvalue weighted by Crippen LogP contribution is 2.40. The lowest BCUT2D eigenvalue weighted by Gasteiger charge is -2.12. The van der Waals surface area contributed by atoms with Crippen LogP contribution in [-0.4, -0.2) is 36.4 Å². The summed E-state index contributed by atoms with van der Waals surface area (Å²) in [4.78, 5) is 12.6. The van der Waals surface area contributed by atoms with Crippen molar-refractivity contribution in [3.8, 4) is 0 Å². The Bertz CT molecular complexity index is 439. The molecule has 0 saturated heterocycles. The Kier molecular flexibility index (Phi) is 5.60. The summed E-state index contributed by atoms with van der Waals surface area (Å²) in [5, 5.41) is 0. The van der Waals surface area contributed by atoms with Crippen LogP contribution in [0.4, 0.5) is 0 Å². The molecule has 1 aromatic rings. The maximum atomic E-state index is 11.2. The number of ether oxygens (including phenoxy) is 1. The minimum atomic E-state index is -0.484. The van der Waals surface area contributed by atoms with Crippen LogP contribution in [-0.2, 0) is 9.53 Å². The van der Waals surface area contributed by atoms with Crippen molar-refractivity contribution in [1.29, 1.82) is 0 Å². The van der Waals surface area contributed by atoms with Crippen molar-refractivity contribution in [2.45, 2.75) is 23.3 Å². The molecule has 0 amide bonds. The number of fused-ring (bicyclic) bond motifs is 1. The van der Waals surface area contributed by atoms with Gasteiger partial charge in [0.1, 0.15) is 6.04 Å². The van der Waals surface area contributed by atoms with Gasteiger partial charge in [-0.3, -0.25) is 4.79 Å². The number of rotatable bonds is 6. The summed E-state index contributed by atoms with van der Waals surface area (Å²) in [5.41, 5.74) is 7.18. The maximum absolute atomic E-state index is 11.2. The van der Waals surface area contributed by atoms with Gasteiger partial charge in [0, 0.05) is 22.3 Å². The van der Waals surface area contributed by atoms with Crippen LogP contribution < -0.4 is 5.73 Å². The molecule has 0 spiro atoms. The van der Waals surface area contributed by atoms with E-state index in [0.717, 1.165) is 17.3 Å². The van der Waals surface area contributed by atoms with Crippen LogP contribution in [0.1, 0.15) is 17.9 Å². The largest absolute Gasteiger partial charge is 0.468 e. The van der Waals surface area contributed by atoms with Gasteiger partial charge in [-0.1, -0.05) is 18.2 Å². The second-order valence-electron chi connectivity index (χ2n) is 4.54. The summed E-state index contributed by atoms with van der Waals surface area (Å²) in [7, 11) is 1.38. The molecule has 1 aliphatic rings. The molecule has 5 heteroatoms. The van der Waals surface area contributed by atoms with E-state index in [-0.39, 0.29) is 5.97 Å². The van der Waals surface area contributed by atoms with Gasteiger partial charge in [-0.2, -0.15) is 11.8 Å². The van der Waals surface area contributed by atoms with E-state index in [9.17, 15) is 4.79 Å². The monoisotopic (exact) mass is 297 g/mol. The first-order valence-electron chi connectivity index (χ1n) is 6.35. The molecule has 2 atom stereocenters. The van der Waals surface area contributed by atoms with Gasteiger partial charge in [0.2, 0.25) is 0 Å². The number of carbonyl (C=O) groups excluding carboxylic acids is 1. The van der Waals surface area contributed by atoms with E-state index in [1.807, 2.05) is 23.5 Å². The highest BCUT2D eigenvalue weighted by Gasteiger charge is 2.22. The smallest absolute Gasteiger partial charge is 0.322 e. The molecule has 2 N–H and O–H groups in total. The van der Waals surface area contributed by atoms with Crippen LogP contribution in [0.3, 0.4) is 0 Å². The van der Waals surface area contributed by atoms with Crippen molar-refractivity contribution in [1.82, 2.24) is 0 Å². The molecule has 3 nitrogen and oxygen atoms in total. The molecule has 0 fully saturated rings. The standard InChI is InChI=1S/C14H19NO2S2/c1-17-14(16)12(15)6-7-18-8-10-9-19-13-5-3-2-4-11(10)13/h2-5,10,12H,6-9,15H2,1H3. The van der Waals surface area contributed by atoms with Gasteiger partial charge < -0.3 is 10.5 Å². The Morgan fingerprint density at radius 2 is 2.37 bits per heavy atom. The topological polar surface area (TPSA) is 52.3 Å². The number of hydrogen-bond acceptors (Lipinski definition) is 5. The van der Waals surface area contributed by atoms with Crippen LogP contribution in [0, 0.1) is 0 Å². The summed E-state index contributed by atoms with van der Waals surface area (Å²) in [6.07, 6.45) is 0.679. The highest BCUT2D eigenvalue weighted by atomic mass is 32.2. The van der Waals surface area contributed by atoms with Gasteiger partial charge in [-0.05, 0) is 23.8 Å². The summed E-state index contributed by atoms with van der Waals surface area (Å²) >= 11 is 3.81. The summed E-state index contributed by atoms with van der Waals surface area (Å²) < 4.78 is 4.61. The molecular formula is C14H19NO2S2. The number of thioether (sulfide) groups is 2. The Hall–Kier alpha value is -0.650. The van der Waals surface area contributed by atoms with E-state index >= 15 is 0 Å². The molecule has 2 rings (SSSR count). The Labute approximate surface area is 122 Å². The van der Waals surface area contributed by atoms with E-state index in [4.69, 9.17) is 5.73 Å². The molecule has 0 saturated carbocycles. The molecule has 104 valence electrons. The predicted molar refractivity (Wildman–Crippen MR) is 81.8 cm³/mol. The first-order chi connectivity index (χ1) is 9.22. The van der Waals surface area contributed by atoms with Crippen LogP contribution in [0.15, 0.2) is 29.2 Å². The van der Waals surface area contributed by atoms with Crippen LogP contribution in [0.5, 0.6) is 0 Å². The number of nitrogens with two attached hydrogens (primary N) is 1. The SMILES string of the molecule is COC(=O)C(N)CCSCC1CSc2ccccc21. The number of benzene rings is 1. The number of esters is 1. The zero-order valence-corrected chi connectivity index (χ0v) is 12.6. The van der Waals surface area contributed by atoms with Crippen molar-refractivity contribution in [2.24, 2.45) is 5.73 Å². The minimum absolute atomic E-state index is 0.317. The number of hydrogen-bond donors (Lipinski definition) is 1. The van der Waals surface area contributed by atoms with Gasteiger partial charge >= 0.3 is 5.97 Å². The predicted octanol–water partition coefficient (Wildman–Crippen LogP) is 2.50. The van der Waals surface area contributed by atoms with E-state index in [1.165, 1.54) is 17.6 Å². The van der Waals surface area contributed by atoms with Gasteiger partial charge in [0.05, 0.1) is 7.11 Å². The quantitative estimate of drug-likeness (QED) is 0.646. The lowest BCUT2D eigenvalue weighted by molar-refractivity contribution is -0.142. The van der Waals surface area contributed by atoms with Crippen molar-refractivity contribution < 1.29 is 9.53 Å². The maximum Gasteiger partial charge on any atom is 0.322 e. The molecule has 2 unspecified atom stereocenters. The molecule has 0 bridgehead atoms. The first kappa shape index (κ1) is 14.8. The first-order valence-corrected chi connectivity index (χ1v) is 8.49. The fraction of sp³-hybridized carbons (Fsp3) is 0.500.